The Bertz CT molecular complexity index is 1420. The van der Waals surface area contributed by atoms with Gasteiger partial charge in [-0.3, -0.25) is 0 Å². The van der Waals surface area contributed by atoms with Gasteiger partial charge in [0.2, 0.25) is 0 Å². The van der Waals surface area contributed by atoms with Crippen molar-refractivity contribution in [3.05, 3.63) is 66.2 Å². The molecule has 8 aliphatic carbocycles. The van der Waals surface area contributed by atoms with Gasteiger partial charge in [0, 0.05) is 11.1 Å². The number of hydrogen-bond acceptors (Lipinski definition) is 4. The summed E-state index contributed by atoms with van der Waals surface area (Å²) in [5.41, 5.74) is 4.64. The molecule has 10 rings (SSSR count). The summed E-state index contributed by atoms with van der Waals surface area (Å²) in [5.74, 6) is 8.47. The number of halogens is 3. The first-order valence-corrected chi connectivity index (χ1v) is 17.8. The van der Waals surface area contributed by atoms with Crippen molar-refractivity contribution >= 4 is 57.3 Å². The van der Waals surface area contributed by atoms with Gasteiger partial charge in [0.25, 0.3) is 0 Å². The van der Waals surface area contributed by atoms with Crippen LogP contribution in [0.25, 0.3) is 11.5 Å². The van der Waals surface area contributed by atoms with Crippen LogP contribution in [0.3, 0.4) is 0 Å². The van der Waals surface area contributed by atoms with E-state index in [2.05, 4.69) is 22.6 Å². The molecule has 0 heterocycles. The molecule has 0 aromatic heterocycles. The van der Waals surface area contributed by atoms with Gasteiger partial charge in [-0.15, -0.1) is 0 Å². The second-order valence-corrected chi connectivity index (χ2v) is 15.9. The summed E-state index contributed by atoms with van der Waals surface area (Å²) in [6.07, 6.45) is 13.4. The Kier molecular flexibility index (Phi) is 8.39. The molecular weight excluding hydrogens is 694 g/mol. The van der Waals surface area contributed by atoms with Crippen molar-refractivity contribution in [3.63, 3.8) is 0 Å². The molecule has 0 spiro atoms. The predicted octanol–water partition coefficient (Wildman–Crippen LogP) is 10.3. The second kappa shape index (κ2) is 12.0. The van der Waals surface area contributed by atoms with Gasteiger partial charge in [0.05, 0.1) is 27.8 Å². The van der Waals surface area contributed by atoms with Crippen molar-refractivity contribution < 1.29 is 19.7 Å². The Morgan fingerprint density at radius 2 is 1.05 bits per heavy atom. The summed E-state index contributed by atoms with van der Waals surface area (Å²) in [7, 11) is 3.46. The zero-order valence-corrected chi connectivity index (χ0v) is 28.6. The summed E-state index contributed by atoms with van der Waals surface area (Å²) >= 11 is 14.8. The smallest absolute Gasteiger partial charge is 0.148 e. The minimum absolute atomic E-state index is 0.133. The van der Waals surface area contributed by atoms with E-state index in [0.29, 0.717) is 33.7 Å². The molecule has 7 heteroatoms. The van der Waals surface area contributed by atoms with E-state index in [0.717, 1.165) is 49.9 Å². The molecule has 8 aliphatic rings. The largest absolute Gasteiger partial charge is 0.506 e. The number of phenolic OH excluding ortho intramolecular Hbond substituents is 2. The third-order valence-electron chi connectivity index (χ3n) is 11.5. The third kappa shape index (κ3) is 5.37. The third-order valence-corrected chi connectivity index (χ3v) is 13.2. The van der Waals surface area contributed by atoms with Crippen LogP contribution in [-0.2, 0) is 9.47 Å². The van der Waals surface area contributed by atoms with Crippen molar-refractivity contribution in [1.29, 1.82) is 0 Å². The highest BCUT2D eigenvalue weighted by Crippen LogP contribution is 2.59. The standard InChI is InChI=1S/C18H20ClIO2.C18H21ClO2/c1-22-18(13-2-3-14(20)17(21)16(13)19)15-11-5-9-4-10(7-11)8-12(15)6-9;1-21-18(14-3-2-4-15(20)17(14)19)16-12-6-10-5-11(8-12)9-13(16)7-10/h2-3,9-12,21H,4-8H2,1H3;2-4,10-13,20H,5-9H2,1H3. The van der Waals surface area contributed by atoms with Crippen molar-refractivity contribution in [2.75, 3.05) is 14.2 Å². The fourth-order valence-electron chi connectivity index (χ4n) is 10.3. The van der Waals surface area contributed by atoms with E-state index in [9.17, 15) is 10.2 Å². The maximum absolute atomic E-state index is 10.2. The van der Waals surface area contributed by atoms with Crippen LogP contribution < -0.4 is 0 Å². The van der Waals surface area contributed by atoms with Gasteiger partial charge in [0.1, 0.15) is 23.0 Å². The highest BCUT2D eigenvalue weighted by atomic mass is 127. The molecule has 43 heavy (non-hydrogen) atoms. The Hall–Kier alpha value is -1.57. The highest BCUT2D eigenvalue weighted by Gasteiger charge is 2.48. The number of rotatable bonds is 4. The molecule has 8 bridgehead atoms. The maximum Gasteiger partial charge on any atom is 0.148 e. The summed E-state index contributed by atoms with van der Waals surface area (Å²) in [6, 6.07) is 9.32. The first kappa shape index (κ1) is 30.1. The van der Waals surface area contributed by atoms with Crippen LogP contribution in [0, 0.1) is 50.9 Å². The van der Waals surface area contributed by atoms with Gasteiger partial charge in [-0.25, -0.2) is 0 Å². The van der Waals surface area contributed by atoms with Gasteiger partial charge < -0.3 is 19.7 Å². The lowest BCUT2D eigenvalue weighted by atomic mass is 9.54. The number of hydrogen-bond donors (Lipinski definition) is 2. The second-order valence-electron chi connectivity index (χ2n) is 14.0. The molecule has 2 aromatic rings. The van der Waals surface area contributed by atoms with Crippen molar-refractivity contribution in [2.24, 2.45) is 47.3 Å². The molecule has 8 fully saturated rings. The van der Waals surface area contributed by atoms with E-state index >= 15 is 0 Å². The number of allylic oxidation sites excluding steroid dienone is 2. The van der Waals surface area contributed by atoms with Gasteiger partial charge >= 0.3 is 0 Å². The summed E-state index contributed by atoms with van der Waals surface area (Å²) in [4.78, 5) is 0. The monoisotopic (exact) mass is 734 g/mol. The number of phenols is 2. The van der Waals surface area contributed by atoms with Gasteiger partial charge in [-0.1, -0.05) is 29.3 Å². The molecule has 230 valence electrons. The van der Waals surface area contributed by atoms with Crippen molar-refractivity contribution in [2.45, 2.75) is 64.2 Å². The van der Waals surface area contributed by atoms with Gasteiger partial charge in [-0.05, 0) is 170 Å². The minimum Gasteiger partial charge on any atom is -0.506 e. The SMILES string of the molecule is COC(=C1C2CC3CC(C2)CC1C3)c1ccc(I)c(O)c1Cl.COC(=C1C2CC3CC(C2)CC1C3)c1cccc(O)c1Cl. The first-order valence-electron chi connectivity index (χ1n) is 16.0. The predicted molar refractivity (Wildman–Crippen MR) is 181 cm³/mol. The minimum atomic E-state index is 0.133. The van der Waals surface area contributed by atoms with Crippen LogP contribution in [0.4, 0.5) is 0 Å². The molecule has 0 amide bonds. The van der Waals surface area contributed by atoms with Gasteiger partial charge in [-0.2, -0.15) is 0 Å². The van der Waals surface area contributed by atoms with Crippen LogP contribution in [0.1, 0.15) is 75.3 Å². The summed E-state index contributed by atoms with van der Waals surface area (Å²) < 4.78 is 12.4. The number of ether oxygens (including phenoxy) is 2. The molecule has 4 nitrogen and oxygen atoms in total. The summed E-state index contributed by atoms with van der Waals surface area (Å²) in [6.45, 7) is 0. The first-order chi connectivity index (χ1) is 20.7. The molecule has 8 saturated carbocycles. The van der Waals surface area contributed by atoms with E-state index in [1.807, 2.05) is 24.3 Å². The lowest BCUT2D eigenvalue weighted by molar-refractivity contribution is 0.0674. The Labute approximate surface area is 279 Å². The maximum atomic E-state index is 10.2. The Morgan fingerprint density at radius 1 is 0.628 bits per heavy atom. The molecule has 0 aliphatic heterocycles. The van der Waals surface area contributed by atoms with E-state index in [4.69, 9.17) is 32.7 Å². The molecule has 2 aromatic carbocycles. The van der Waals surface area contributed by atoms with E-state index < -0.39 is 0 Å². The van der Waals surface area contributed by atoms with Gasteiger partial charge in [0.15, 0.2) is 0 Å². The molecule has 0 unspecified atom stereocenters. The topological polar surface area (TPSA) is 58.9 Å². The molecule has 2 N–H and O–H groups in total. The zero-order valence-electron chi connectivity index (χ0n) is 24.9. The Balaban J connectivity index is 0.000000140. The lowest BCUT2D eigenvalue weighted by Gasteiger charge is -2.51. The Morgan fingerprint density at radius 3 is 1.47 bits per heavy atom. The molecular formula is C36H41Cl2IO4. The van der Waals surface area contributed by atoms with E-state index in [1.54, 1.807) is 20.3 Å². The van der Waals surface area contributed by atoms with Crippen LogP contribution in [0.15, 0.2) is 41.5 Å². The van der Waals surface area contributed by atoms with E-state index in [1.165, 1.54) is 75.4 Å². The summed E-state index contributed by atoms with van der Waals surface area (Å²) in [5, 5.41) is 20.9. The fourth-order valence-corrected chi connectivity index (χ4v) is 11.4. The van der Waals surface area contributed by atoms with E-state index in [-0.39, 0.29) is 11.5 Å². The molecule has 0 radical (unpaired) electrons. The van der Waals surface area contributed by atoms with Crippen molar-refractivity contribution in [1.82, 2.24) is 0 Å². The number of benzene rings is 2. The number of aromatic hydroxyl groups is 2. The van der Waals surface area contributed by atoms with Crippen molar-refractivity contribution in [3.8, 4) is 11.5 Å². The quantitative estimate of drug-likeness (QED) is 0.243. The average molecular weight is 736 g/mol. The zero-order chi connectivity index (χ0) is 30.0. The molecule has 0 atom stereocenters. The normalized spacial score (nSPS) is 32.9. The van der Waals surface area contributed by atoms with Crippen LogP contribution in [0.2, 0.25) is 10.0 Å². The highest BCUT2D eigenvalue weighted by molar-refractivity contribution is 14.1. The lowest BCUT2D eigenvalue weighted by Crippen LogP contribution is -2.40. The molecule has 0 saturated heterocycles. The number of methoxy groups -OCH3 is 2. The van der Waals surface area contributed by atoms with Crippen LogP contribution in [0.5, 0.6) is 11.5 Å². The van der Waals surface area contributed by atoms with Crippen LogP contribution >= 0.6 is 45.8 Å². The average Bonchev–Trinajstić information content (AvgIpc) is 2.97. The fraction of sp³-hybridized carbons (Fsp3) is 0.556. The van der Waals surface area contributed by atoms with Crippen LogP contribution in [-0.4, -0.2) is 24.4 Å².